The monoisotopic (exact) mass is 484 g/mol. The van der Waals surface area contributed by atoms with E-state index in [1.54, 1.807) is 26.1 Å². The van der Waals surface area contributed by atoms with Crippen LogP contribution in [0, 0.1) is 0 Å². The maximum atomic E-state index is 13.3. The normalized spacial score (nSPS) is 15.8. The van der Waals surface area contributed by atoms with E-state index in [0.29, 0.717) is 22.7 Å². The van der Waals surface area contributed by atoms with Gasteiger partial charge in [0.25, 0.3) is 5.91 Å². The van der Waals surface area contributed by atoms with Gasteiger partial charge in [0.15, 0.2) is 0 Å². The Morgan fingerprint density at radius 3 is 2.42 bits per heavy atom. The Morgan fingerprint density at radius 1 is 1.00 bits per heavy atom. The first-order chi connectivity index (χ1) is 17.4. The van der Waals surface area contributed by atoms with Crippen LogP contribution in [0.3, 0.4) is 0 Å². The first-order valence-electron chi connectivity index (χ1n) is 11.6. The molecule has 0 aliphatic carbocycles. The molecule has 36 heavy (non-hydrogen) atoms. The van der Waals surface area contributed by atoms with Crippen LogP contribution in [0.2, 0.25) is 0 Å². The van der Waals surface area contributed by atoms with E-state index in [1.807, 2.05) is 66.7 Å². The highest BCUT2D eigenvalue weighted by molar-refractivity contribution is 6.20. The van der Waals surface area contributed by atoms with Crippen LogP contribution in [0.25, 0.3) is 0 Å². The van der Waals surface area contributed by atoms with Crippen LogP contribution in [0.4, 0.5) is 5.69 Å². The van der Waals surface area contributed by atoms with E-state index in [-0.39, 0.29) is 18.2 Å². The topological polar surface area (TPSA) is 100 Å². The first-order valence-corrected chi connectivity index (χ1v) is 11.6. The fraction of sp³-hybridized carbons (Fsp3) is 0.214. The molecule has 0 aromatic heterocycles. The molecule has 1 aliphatic rings. The molecule has 3 amide bonds. The lowest BCUT2D eigenvalue weighted by molar-refractivity contribution is -0.130. The van der Waals surface area contributed by atoms with Gasteiger partial charge in [-0.25, -0.2) is 4.99 Å². The summed E-state index contributed by atoms with van der Waals surface area (Å²) in [6.45, 7) is 1.57. The third-order valence-corrected chi connectivity index (χ3v) is 5.98. The summed E-state index contributed by atoms with van der Waals surface area (Å²) in [7, 11) is 3.19. The summed E-state index contributed by atoms with van der Waals surface area (Å²) in [5.41, 5.74) is 3.61. The number of fused-ring (bicyclic) bond motifs is 1. The van der Waals surface area contributed by atoms with Crippen molar-refractivity contribution in [1.82, 2.24) is 10.6 Å². The van der Waals surface area contributed by atoms with Crippen molar-refractivity contribution in [3.05, 3.63) is 95.6 Å². The van der Waals surface area contributed by atoms with Crippen molar-refractivity contribution in [1.29, 1.82) is 0 Å². The Bertz CT molecular complexity index is 1310. The van der Waals surface area contributed by atoms with Crippen LogP contribution in [0.5, 0.6) is 5.75 Å². The average Bonchev–Trinajstić information content (AvgIpc) is 3.00. The van der Waals surface area contributed by atoms with E-state index in [0.717, 1.165) is 11.1 Å². The number of amides is 3. The number of hydrogen-bond acceptors (Lipinski definition) is 5. The molecule has 1 aliphatic heterocycles. The van der Waals surface area contributed by atoms with Gasteiger partial charge in [-0.15, -0.1) is 0 Å². The minimum atomic E-state index is -1.15. The molecule has 0 spiro atoms. The summed E-state index contributed by atoms with van der Waals surface area (Å²) in [5.74, 6) is -0.641. The van der Waals surface area contributed by atoms with Crippen LogP contribution in [-0.4, -0.2) is 49.8 Å². The van der Waals surface area contributed by atoms with E-state index in [2.05, 4.69) is 15.6 Å². The number of anilines is 1. The van der Waals surface area contributed by atoms with Crippen molar-refractivity contribution in [2.24, 2.45) is 4.99 Å². The van der Waals surface area contributed by atoms with Gasteiger partial charge in [-0.2, -0.15) is 0 Å². The highest BCUT2D eigenvalue weighted by Crippen LogP contribution is 2.27. The van der Waals surface area contributed by atoms with E-state index in [1.165, 1.54) is 12.0 Å². The molecule has 3 aromatic carbocycles. The number of benzodiazepines with no additional fused rings is 1. The Hall–Kier alpha value is -4.46. The molecule has 0 saturated carbocycles. The van der Waals surface area contributed by atoms with Crippen molar-refractivity contribution >= 4 is 29.1 Å². The number of benzene rings is 3. The molecule has 4 rings (SSSR count). The van der Waals surface area contributed by atoms with Gasteiger partial charge in [0.05, 0.1) is 24.9 Å². The fourth-order valence-corrected chi connectivity index (χ4v) is 4.08. The number of aliphatic imine (C=N–C) groups is 1. The molecule has 2 atom stereocenters. The zero-order valence-corrected chi connectivity index (χ0v) is 20.4. The van der Waals surface area contributed by atoms with Crippen molar-refractivity contribution < 1.29 is 19.1 Å². The van der Waals surface area contributed by atoms with E-state index < -0.39 is 18.1 Å². The van der Waals surface area contributed by atoms with Gasteiger partial charge in [0.2, 0.25) is 18.0 Å². The summed E-state index contributed by atoms with van der Waals surface area (Å²) in [5, 5.41) is 5.40. The first kappa shape index (κ1) is 24.7. The van der Waals surface area contributed by atoms with Gasteiger partial charge in [0, 0.05) is 23.7 Å². The van der Waals surface area contributed by atoms with Gasteiger partial charge in [-0.3, -0.25) is 14.4 Å². The average molecular weight is 485 g/mol. The maximum absolute atomic E-state index is 13.3. The minimum Gasteiger partial charge on any atom is -0.496 e. The summed E-state index contributed by atoms with van der Waals surface area (Å²) >= 11 is 0. The highest BCUT2D eigenvalue weighted by atomic mass is 16.5. The van der Waals surface area contributed by atoms with Crippen molar-refractivity contribution in [3.63, 3.8) is 0 Å². The standard InChI is InChI=1S/C28H28N4O4/c1-18(29-24(33)17-20-13-7-10-16-23(20)36-3)27(34)31-26-28(35)32(2)22-15-9-8-14-21(22)25(30-26)19-11-5-4-6-12-19/h4-16,18,26H,17H2,1-3H3,(H,29,33)(H,31,34)/t18-,26+/m0/s1. The Morgan fingerprint density at radius 2 is 1.67 bits per heavy atom. The molecule has 3 aromatic rings. The zero-order chi connectivity index (χ0) is 25.7. The van der Waals surface area contributed by atoms with E-state index in [9.17, 15) is 14.4 Å². The van der Waals surface area contributed by atoms with Crippen molar-refractivity contribution in [2.45, 2.75) is 25.6 Å². The van der Waals surface area contributed by atoms with Crippen LogP contribution < -0.4 is 20.3 Å². The molecule has 0 bridgehead atoms. The molecule has 8 heteroatoms. The zero-order valence-electron chi connectivity index (χ0n) is 20.4. The van der Waals surface area contributed by atoms with Crippen molar-refractivity contribution in [3.8, 4) is 5.75 Å². The Balaban J connectivity index is 1.53. The number of carbonyl (C=O) groups is 3. The number of para-hydroxylation sites is 2. The lowest BCUT2D eigenvalue weighted by Gasteiger charge is -2.22. The number of rotatable bonds is 7. The summed E-state index contributed by atoms with van der Waals surface area (Å²) in [4.78, 5) is 45.1. The third-order valence-electron chi connectivity index (χ3n) is 5.98. The number of nitrogens with zero attached hydrogens (tertiary/aromatic N) is 2. The molecule has 2 N–H and O–H groups in total. The Labute approximate surface area is 210 Å². The lowest BCUT2D eigenvalue weighted by Crippen LogP contribution is -2.52. The van der Waals surface area contributed by atoms with Gasteiger partial charge in [-0.1, -0.05) is 66.7 Å². The number of nitrogens with one attached hydrogen (secondary N) is 2. The van der Waals surface area contributed by atoms with Gasteiger partial charge < -0.3 is 20.3 Å². The van der Waals surface area contributed by atoms with Crippen LogP contribution in [0.1, 0.15) is 23.6 Å². The number of methoxy groups -OCH3 is 1. The molecule has 0 fully saturated rings. The molecule has 0 radical (unpaired) electrons. The van der Waals surface area contributed by atoms with E-state index in [4.69, 9.17) is 4.74 Å². The predicted octanol–water partition coefficient (Wildman–Crippen LogP) is 2.70. The van der Waals surface area contributed by atoms with Crippen LogP contribution in [0.15, 0.2) is 83.9 Å². The molecule has 8 nitrogen and oxygen atoms in total. The summed E-state index contributed by atoms with van der Waals surface area (Å²) in [6.07, 6.45) is -1.10. The maximum Gasteiger partial charge on any atom is 0.272 e. The predicted molar refractivity (Wildman–Crippen MR) is 138 cm³/mol. The second-order valence-electron chi connectivity index (χ2n) is 8.45. The number of hydrogen-bond donors (Lipinski definition) is 2. The van der Waals surface area contributed by atoms with Gasteiger partial charge >= 0.3 is 0 Å². The highest BCUT2D eigenvalue weighted by Gasteiger charge is 2.32. The lowest BCUT2D eigenvalue weighted by atomic mass is 10.0. The quantitative estimate of drug-likeness (QED) is 0.539. The molecule has 1 heterocycles. The number of likely N-dealkylation sites (N-methyl/N-ethyl adjacent to an activating group) is 1. The second kappa shape index (κ2) is 10.9. The minimum absolute atomic E-state index is 0.0539. The van der Waals surface area contributed by atoms with E-state index >= 15 is 0 Å². The molecular formula is C28H28N4O4. The van der Waals surface area contributed by atoms with Crippen molar-refractivity contribution in [2.75, 3.05) is 19.1 Å². The van der Waals surface area contributed by atoms with Crippen LogP contribution >= 0.6 is 0 Å². The molecule has 0 unspecified atom stereocenters. The van der Waals surface area contributed by atoms with Crippen LogP contribution in [-0.2, 0) is 20.8 Å². The van der Waals surface area contributed by atoms with Gasteiger partial charge in [0.1, 0.15) is 11.8 Å². The summed E-state index contributed by atoms with van der Waals surface area (Å²) < 4.78 is 5.29. The SMILES string of the molecule is COc1ccccc1CC(=O)N[C@@H](C)C(=O)N[C@H]1N=C(c2ccccc2)c2ccccc2N(C)C1=O. The smallest absolute Gasteiger partial charge is 0.272 e. The molecular weight excluding hydrogens is 456 g/mol. The van der Waals surface area contributed by atoms with Gasteiger partial charge in [-0.05, 0) is 19.1 Å². The number of carbonyl (C=O) groups excluding carboxylic acids is 3. The third kappa shape index (κ3) is 5.27. The fourth-order valence-electron chi connectivity index (χ4n) is 4.08. The summed E-state index contributed by atoms with van der Waals surface area (Å²) in [6, 6.07) is 23.3. The molecule has 184 valence electrons. The second-order valence-corrected chi connectivity index (χ2v) is 8.45. The number of ether oxygens (including phenoxy) is 1. The molecule has 0 saturated heterocycles. The largest absolute Gasteiger partial charge is 0.496 e. The Kier molecular flexibility index (Phi) is 7.44.